The molecule has 1 N–H and O–H groups in total. The van der Waals surface area contributed by atoms with Crippen LogP contribution in [0.15, 0.2) is 30.3 Å². The molecule has 0 amide bonds. The summed E-state index contributed by atoms with van der Waals surface area (Å²) in [6.45, 7) is 4.87. The number of nitriles is 1. The lowest BCUT2D eigenvalue weighted by Gasteiger charge is -2.32. The predicted octanol–water partition coefficient (Wildman–Crippen LogP) is 1.59. The van der Waals surface area contributed by atoms with Crippen LogP contribution in [0, 0.1) is 11.3 Å². The molecule has 1 aromatic carbocycles. The molecule has 0 bridgehead atoms. The van der Waals surface area contributed by atoms with E-state index >= 15 is 0 Å². The lowest BCUT2D eigenvalue weighted by atomic mass is 9.90. The highest BCUT2D eigenvalue weighted by atomic mass is 16.5. The minimum Gasteiger partial charge on any atom is -0.383 e. The Morgan fingerprint density at radius 3 is 2.58 bits per heavy atom. The molecule has 104 valence electrons. The number of likely N-dealkylation sites (N-methyl/N-ethyl adjacent to an activating group) is 2. The SMILES string of the molecule is CCNC(C#N)(CN(C)CCOC)c1ccccc1. The first kappa shape index (κ1) is 15.6. The summed E-state index contributed by atoms with van der Waals surface area (Å²) in [6.07, 6.45) is 0. The maximum Gasteiger partial charge on any atom is 0.145 e. The van der Waals surface area contributed by atoms with Crippen LogP contribution in [0.3, 0.4) is 0 Å². The van der Waals surface area contributed by atoms with E-state index < -0.39 is 5.54 Å². The number of benzene rings is 1. The maximum absolute atomic E-state index is 9.66. The Morgan fingerprint density at radius 1 is 1.37 bits per heavy atom. The largest absolute Gasteiger partial charge is 0.383 e. The smallest absolute Gasteiger partial charge is 0.145 e. The number of hydrogen-bond acceptors (Lipinski definition) is 4. The fourth-order valence-corrected chi connectivity index (χ4v) is 2.14. The van der Waals surface area contributed by atoms with E-state index in [1.807, 2.05) is 44.3 Å². The highest BCUT2D eigenvalue weighted by Gasteiger charge is 2.32. The van der Waals surface area contributed by atoms with E-state index in [9.17, 15) is 5.26 Å². The minimum atomic E-state index is -0.668. The van der Waals surface area contributed by atoms with Gasteiger partial charge in [-0.1, -0.05) is 37.3 Å². The average Bonchev–Trinajstić information content (AvgIpc) is 2.45. The van der Waals surface area contributed by atoms with E-state index in [1.165, 1.54) is 0 Å². The second-order valence-electron chi connectivity index (χ2n) is 4.64. The molecule has 4 heteroatoms. The van der Waals surface area contributed by atoms with Gasteiger partial charge in [0.2, 0.25) is 0 Å². The fraction of sp³-hybridized carbons (Fsp3) is 0.533. The van der Waals surface area contributed by atoms with Gasteiger partial charge in [0.25, 0.3) is 0 Å². The van der Waals surface area contributed by atoms with Crippen molar-refractivity contribution in [1.29, 1.82) is 5.26 Å². The quantitative estimate of drug-likeness (QED) is 0.772. The summed E-state index contributed by atoms with van der Waals surface area (Å²) in [5.41, 5.74) is 0.335. The van der Waals surface area contributed by atoms with E-state index in [0.717, 1.165) is 18.7 Å². The van der Waals surface area contributed by atoms with Gasteiger partial charge in [0.15, 0.2) is 0 Å². The van der Waals surface area contributed by atoms with Crippen LogP contribution >= 0.6 is 0 Å². The van der Waals surface area contributed by atoms with Gasteiger partial charge in [-0.25, -0.2) is 0 Å². The zero-order valence-corrected chi connectivity index (χ0v) is 12.0. The summed E-state index contributed by atoms with van der Waals surface area (Å²) >= 11 is 0. The summed E-state index contributed by atoms with van der Waals surface area (Å²) in [7, 11) is 3.69. The molecule has 1 aromatic rings. The minimum absolute atomic E-state index is 0.630. The summed E-state index contributed by atoms with van der Waals surface area (Å²) < 4.78 is 5.08. The Morgan fingerprint density at radius 2 is 2.05 bits per heavy atom. The van der Waals surface area contributed by atoms with E-state index in [0.29, 0.717) is 13.2 Å². The molecule has 0 aliphatic carbocycles. The zero-order valence-electron chi connectivity index (χ0n) is 12.0. The molecule has 1 rings (SSSR count). The molecule has 0 fully saturated rings. The van der Waals surface area contributed by atoms with Crippen LogP contribution in [-0.2, 0) is 10.3 Å². The molecule has 0 radical (unpaired) electrons. The number of nitrogens with one attached hydrogen (secondary N) is 1. The summed E-state index contributed by atoms with van der Waals surface area (Å²) in [4.78, 5) is 2.11. The zero-order chi connectivity index (χ0) is 14.1. The Hall–Kier alpha value is -1.41. The topological polar surface area (TPSA) is 48.3 Å². The van der Waals surface area contributed by atoms with Crippen molar-refractivity contribution < 1.29 is 4.74 Å². The van der Waals surface area contributed by atoms with Crippen molar-refractivity contribution in [3.05, 3.63) is 35.9 Å². The van der Waals surface area contributed by atoms with Gasteiger partial charge in [-0.3, -0.25) is 5.32 Å². The molecule has 1 atom stereocenters. The molecule has 0 spiro atoms. The highest BCUT2D eigenvalue weighted by Crippen LogP contribution is 2.21. The summed E-state index contributed by atoms with van der Waals surface area (Å²) in [6, 6.07) is 12.3. The third kappa shape index (κ3) is 4.32. The molecule has 4 nitrogen and oxygen atoms in total. The Labute approximate surface area is 116 Å². The van der Waals surface area contributed by atoms with Crippen LogP contribution in [0.5, 0.6) is 0 Å². The third-order valence-corrected chi connectivity index (χ3v) is 3.12. The van der Waals surface area contributed by atoms with Crippen molar-refractivity contribution >= 4 is 0 Å². The number of nitrogens with zero attached hydrogens (tertiary/aromatic N) is 2. The average molecular weight is 261 g/mol. The standard InChI is InChI=1S/C15H23N3O/c1-4-17-15(12-16,13-18(2)10-11-19-3)14-8-6-5-7-9-14/h5-9,17H,4,10-11,13H2,1-3H3. The predicted molar refractivity (Wildman–Crippen MR) is 76.8 cm³/mol. The third-order valence-electron chi connectivity index (χ3n) is 3.12. The Bertz CT molecular complexity index is 402. The van der Waals surface area contributed by atoms with Crippen molar-refractivity contribution in [2.45, 2.75) is 12.5 Å². The van der Waals surface area contributed by atoms with Crippen molar-refractivity contribution in [2.24, 2.45) is 0 Å². The normalized spacial score (nSPS) is 14.1. The molecular weight excluding hydrogens is 238 g/mol. The lowest BCUT2D eigenvalue weighted by Crippen LogP contribution is -2.49. The van der Waals surface area contributed by atoms with Crippen LogP contribution in [0.1, 0.15) is 12.5 Å². The first-order valence-corrected chi connectivity index (χ1v) is 6.58. The molecule has 0 aliphatic rings. The van der Waals surface area contributed by atoms with Crippen LogP contribution < -0.4 is 5.32 Å². The van der Waals surface area contributed by atoms with Gasteiger partial charge in [-0.15, -0.1) is 0 Å². The molecule has 0 aliphatic heterocycles. The number of ether oxygens (including phenoxy) is 1. The maximum atomic E-state index is 9.66. The molecule has 0 aromatic heterocycles. The number of hydrogen-bond donors (Lipinski definition) is 1. The molecule has 0 heterocycles. The van der Waals surface area contributed by atoms with E-state index in [2.05, 4.69) is 16.3 Å². The second kappa shape index (κ2) is 7.90. The first-order valence-electron chi connectivity index (χ1n) is 6.58. The van der Waals surface area contributed by atoms with Gasteiger partial charge in [-0.05, 0) is 19.2 Å². The van der Waals surface area contributed by atoms with Gasteiger partial charge in [0.1, 0.15) is 5.54 Å². The number of methoxy groups -OCH3 is 1. The molecular formula is C15H23N3O. The Balaban J connectivity index is 2.91. The first-order chi connectivity index (χ1) is 9.18. The van der Waals surface area contributed by atoms with Gasteiger partial charge >= 0.3 is 0 Å². The molecule has 0 saturated heterocycles. The fourth-order valence-electron chi connectivity index (χ4n) is 2.14. The second-order valence-corrected chi connectivity index (χ2v) is 4.64. The monoisotopic (exact) mass is 261 g/mol. The molecule has 0 saturated carbocycles. The van der Waals surface area contributed by atoms with Gasteiger partial charge in [-0.2, -0.15) is 5.26 Å². The van der Waals surface area contributed by atoms with Gasteiger partial charge in [0, 0.05) is 20.2 Å². The van der Waals surface area contributed by atoms with Crippen molar-refractivity contribution in [3.8, 4) is 6.07 Å². The molecule has 1 unspecified atom stereocenters. The van der Waals surface area contributed by atoms with Crippen LogP contribution in [0.4, 0.5) is 0 Å². The lowest BCUT2D eigenvalue weighted by molar-refractivity contribution is 0.148. The highest BCUT2D eigenvalue weighted by molar-refractivity contribution is 5.32. The number of rotatable bonds is 8. The van der Waals surface area contributed by atoms with Crippen LogP contribution in [0.25, 0.3) is 0 Å². The summed E-state index contributed by atoms with van der Waals surface area (Å²) in [5.74, 6) is 0. The van der Waals surface area contributed by atoms with Crippen molar-refractivity contribution in [3.63, 3.8) is 0 Å². The summed E-state index contributed by atoms with van der Waals surface area (Å²) in [5, 5.41) is 13.0. The Kier molecular flexibility index (Phi) is 6.51. The van der Waals surface area contributed by atoms with E-state index in [1.54, 1.807) is 7.11 Å². The van der Waals surface area contributed by atoms with Crippen LogP contribution in [-0.4, -0.2) is 45.3 Å². The van der Waals surface area contributed by atoms with E-state index in [4.69, 9.17) is 4.74 Å². The van der Waals surface area contributed by atoms with Gasteiger partial charge < -0.3 is 9.64 Å². The van der Waals surface area contributed by atoms with E-state index in [-0.39, 0.29) is 0 Å². The molecule has 19 heavy (non-hydrogen) atoms. The van der Waals surface area contributed by atoms with Crippen LogP contribution in [0.2, 0.25) is 0 Å². The van der Waals surface area contributed by atoms with Crippen molar-refractivity contribution in [1.82, 2.24) is 10.2 Å². The van der Waals surface area contributed by atoms with Gasteiger partial charge in [0.05, 0.1) is 12.7 Å². The van der Waals surface area contributed by atoms with Crippen molar-refractivity contribution in [2.75, 3.05) is 40.4 Å².